The highest BCUT2D eigenvalue weighted by atomic mass is 32.1. The molecule has 2 aromatic heterocycles. The molecule has 1 aliphatic carbocycles. The van der Waals surface area contributed by atoms with Gasteiger partial charge in [0.25, 0.3) is 0 Å². The van der Waals surface area contributed by atoms with Crippen LogP contribution in [-0.2, 0) is 0 Å². The number of aryl methyl sites for hydroxylation is 1. The minimum absolute atomic E-state index is 0.00667. The Kier molecular flexibility index (Phi) is 5.72. The van der Waals surface area contributed by atoms with Gasteiger partial charge in [-0.05, 0) is 86.9 Å². The second-order valence-electron chi connectivity index (χ2n) is 8.96. The van der Waals surface area contributed by atoms with Crippen LogP contribution in [0.2, 0.25) is 0 Å². The van der Waals surface area contributed by atoms with Gasteiger partial charge in [-0.2, -0.15) is 0 Å². The summed E-state index contributed by atoms with van der Waals surface area (Å²) in [5, 5.41) is 4.43. The Morgan fingerprint density at radius 1 is 1.03 bits per heavy atom. The van der Waals surface area contributed by atoms with Crippen molar-refractivity contribution >= 4 is 17.3 Å². The Morgan fingerprint density at radius 2 is 1.78 bits per heavy atom. The van der Waals surface area contributed by atoms with E-state index in [0.29, 0.717) is 6.04 Å². The Bertz CT molecular complexity index is 1100. The van der Waals surface area contributed by atoms with Crippen molar-refractivity contribution in [3.05, 3.63) is 83.2 Å². The van der Waals surface area contributed by atoms with Crippen LogP contribution in [0.5, 0.6) is 0 Å². The van der Waals surface area contributed by atoms with E-state index in [0.717, 1.165) is 27.9 Å². The maximum atomic E-state index is 13.5. The van der Waals surface area contributed by atoms with Crippen LogP contribution in [0.15, 0.2) is 54.7 Å². The smallest absolute Gasteiger partial charge is 0.170 e. The third-order valence-electron chi connectivity index (χ3n) is 6.98. The van der Waals surface area contributed by atoms with E-state index in [9.17, 15) is 4.39 Å². The number of hydrogen-bond acceptors (Lipinski definition) is 2. The molecule has 1 saturated heterocycles. The third-order valence-corrected chi connectivity index (χ3v) is 7.31. The number of pyridine rings is 1. The number of hydrogen-bond donors (Lipinski definition) is 1. The van der Waals surface area contributed by atoms with Gasteiger partial charge in [0.05, 0.1) is 17.8 Å². The molecule has 3 heterocycles. The van der Waals surface area contributed by atoms with Crippen molar-refractivity contribution < 1.29 is 4.39 Å². The van der Waals surface area contributed by atoms with Crippen molar-refractivity contribution in [3.8, 4) is 5.69 Å². The molecule has 0 unspecified atom stereocenters. The molecule has 2 fully saturated rings. The highest BCUT2D eigenvalue weighted by Gasteiger charge is 2.44. The molecule has 32 heavy (non-hydrogen) atoms. The Balaban J connectivity index is 1.62. The topological polar surface area (TPSA) is 33.1 Å². The lowest BCUT2D eigenvalue weighted by atomic mass is 9.90. The number of aromatic nitrogens is 2. The minimum Gasteiger partial charge on any atom is -0.352 e. The molecule has 1 aliphatic heterocycles. The fourth-order valence-corrected chi connectivity index (χ4v) is 5.91. The molecular weight excluding hydrogens is 419 g/mol. The van der Waals surface area contributed by atoms with Crippen LogP contribution >= 0.6 is 12.2 Å². The van der Waals surface area contributed by atoms with Crippen LogP contribution in [0.1, 0.15) is 66.8 Å². The number of halogens is 1. The first-order valence-electron chi connectivity index (χ1n) is 11.5. The highest BCUT2D eigenvalue weighted by Crippen LogP contribution is 2.44. The van der Waals surface area contributed by atoms with Gasteiger partial charge in [-0.25, -0.2) is 4.39 Å². The first-order valence-corrected chi connectivity index (χ1v) is 11.9. The molecule has 166 valence electrons. The predicted octanol–water partition coefficient (Wildman–Crippen LogP) is 5.93. The number of benzene rings is 1. The summed E-state index contributed by atoms with van der Waals surface area (Å²) in [5.41, 5.74) is 5.52. The minimum atomic E-state index is -0.222. The van der Waals surface area contributed by atoms with Gasteiger partial charge in [0.15, 0.2) is 5.11 Å². The normalized spacial score (nSPS) is 21.7. The van der Waals surface area contributed by atoms with E-state index in [4.69, 9.17) is 12.2 Å². The van der Waals surface area contributed by atoms with Gasteiger partial charge >= 0.3 is 0 Å². The molecule has 4 nitrogen and oxygen atoms in total. The zero-order valence-corrected chi connectivity index (χ0v) is 19.4. The average Bonchev–Trinajstić information content (AvgIpc) is 3.31. The Labute approximate surface area is 194 Å². The largest absolute Gasteiger partial charge is 0.352 e. The second kappa shape index (κ2) is 8.66. The van der Waals surface area contributed by atoms with Gasteiger partial charge < -0.3 is 14.8 Å². The summed E-state index contributed by atoms with van der Waals surface area (Å²) >= 11 is 5.90. The van der Waals surface area contributed by atoms with Crippen molar-refractivity contribution in [2.24, 2.45) is 0 Å². The Morgan fingerprint density at radius 3 is 2.47 bits per heavy atom. The molecule has 0 spiro atoms. The van der Waals surface area contributed by atoms with Crippen LogP contribution in [0.3, 0.4) is 0 Å². The molecule has 3 aromatic rings. The second-order valence-corrected chi connectivity index (χ2v) is 9.35. The summed E-state index contributed by atoms with van der Waals surface area (Å²) < 4.78 is 15.8. The fraction of sp³-hybridized carbons (Fsp3) is 0.385. The van der Waals surface area contributed by atoms with Gasteiger partial charge in [-0.15, -0.1) is 0 Å². The predicted molar refractivity (Wildman–Crippen MR) is 129 cm³/mol. The van der Waals surface area contributed by atoms with Gasteiger partial charge in [-0.3, -0.25) is 4.98 Å². The molecule has 0 radical (unpaired) electrons. The molecule has 2 atom stereocenters. The molecule has 0 bridgehead atoms. The lowest BCUT2D eigenvalue weighted by molar-refractivity contribution is 0.197. The van der Waals surface area contributed by atoms with E-state index < -0.39 is 0 Å². The van der Waals surface area contributed by atoms with Crippen molar-refractivity contribution in [2.45, 2.75) is 64.1 Å². The quantitative estimate of drug-likeness (QED) is 0.501. The molecule has 6 heteroatoms. The monoisotopic (exact) mass is 448 g/mol. The van der Waals surface area contributed by atoms with Crippen LogP contribution in [0.4, 0.5) is 4.39 Å². The van der Waals surface area contributed by atoms with Crippen LogP contribution in [0, 0.1) is 19.7 Å². The maximum absolute atomic E-state index is 13.5. The van der Waals surface area contributed by atoms with Gasteiger partial charge in [0.2, 0.25) is 0 Å². The lowest BCUT2D eigenvalue weighted by Gasteiger charge is -2.37. The molecule has 5 rings (SSSR count). The number of rotatable bonds is 4. The summed E-state index contributed by atoms with van der Waals surface area (Å²) in [6, 6.07) is 15.6. The lowest BCUT2D eigenvalue weighted by Crippen LogP contribution is -2.40. The van der Waals surface area contributed by atoms with E-state index >= 15 is 0 Å². The van der Waals surface area contributed by atoms with E-state index in [1.807, 2.05) is 30.5 Å². The van der Waals surface area contributed by atoms with Gasteiger partial charge in [0.1, 0.15) is 5.82 Å². The maximum Gasteiger partial charge on any atom is 0.170 e. The summed E-state index contributed by atoms with van der Waals surface area (Å²) in [7, 11) is 0. The van der Waals surface area contributed by atoms with Crippen LogP contribution < -0.4 is 5.32 Å². The first-order chi connectivity index (χ1) is 15.5. The van der Waals surface area contributed by atoms with Gasteiger partial charge in [-0.1, -0.05) is 25.3 Å². The van der Waals surface area contributed by atoms with Crippen molar-refractivity contribution in [1.29, 1.82) is 0 Å². The van der Waals surface area contributed by atoms with Crippen molar-refractivity contribution in [2.75, 3.05) is 0 Å². The van der Waals surface area contributed by atoms with E-state index in [-0.39, 0.29) is 17.9 Å². The zero-order chi connectivity index (χ0) is 22.2. The zero-order valence-electron chi connectivity index (χ0n) is 18.6. The summed E-state index contributed by atoms with van der Waals surface area (Å²) in [6.45, 7) is 4.27. The van der Waals surface area contributed by atoms with E-state index in [2.05, 4.69) is 45.7 Å². The van der Waals surface area contributed by atoms with Crippen LogP contribution in [-0.4, -0.2) is 25.6 Å². The van der Waals surface area contributed by atoms with Gasteiger partial charge in [0, 0.05) is 29.3 Å². The molecule has 1 saturated carbocycles. The fourth-order valence-electron chi connectivity index (χ4n) is 5.53. The van der Waals surface area contributed by atoms with Crippen molar-refractivity contribution in [3.63, 3.8) is 0 Å². The summed E-state index contributed by atoms with van der Waals surface area (Å²) in [4.78, 5) is 7.13. The molecular formula is C26H29FN4S. The first kappa shape index (κ1) is 21.1. The molecule has 1 N–H and O–H groups in total. The van der Waals surface area contributed by atoms with E-state index in [1.54, 1.807) is 0 Å². The SMILES string of the molecule is Cc1cc([C@H]2[C@H](c3ccccn3)NC(=S)N2C2CCCCC2)c(C)n1-c1ccc(F)cc1. The summed E-state index contributed by atoms with van der Waals surface area (Å²) in [6.07, 6.45) is 7.99. The van der Waals surface area contributed by atoms with Crippen LogP contribution in [0.25, 0.3) is 5.69 Å². The molecule has 0 amide bonds. The number of nitrogens with one attached hydrogen (secondary N) is 1. The molecule has 2 aliphatic rings. The number of nitrogens with zero attached hydrogens (tertiary/aromatic N) is 3. The third kappa shape index (κ3) is 3.71. The Hall–Kier alpha value is -2.73. The highest BCUT2D eigenvalue weighted by molar-refractivity contribution is 7.80. The molecule has 1 aromatic carbocycles. The van der Waals surface area contributed by atoms with Crippen molar-refractivity contribution in [1.82, 2.24) is 19.8 Å². The average molecular weight is 449 g/mol. The standard InChI is InChI=1S/C26H29FN4S/c1-17-16-22(18(2)30(17)21-13-11-19(27)12-14-21)25-24(23-10-6-7-15-28-23)29-26(32)31(25)20-8-4-3-5-9-20/h6-7,10-16,20,24-25H,3-5,8-9H2,1-2H3,(H,29,32)/t24-,25-/m0/s1. The number of thiocarbonyl (C=S) groups is 1. The summed E-state index contributed by atoms with van der Waals surface area (Å²) in [5.74, 6) is -0.222. The van der Waals surface area contributed by atoms with E-state index in [1.165, 1.54) is 49.8 Å².